The minimum Gasteiger partial charge on any atom is -0.315 e. The van der Waals surface area contributed by atoms with Crippen molar-refractivity contribution in [2.75, 3.05) is 11.1 Å². The molecule has 0 bridgehead atoms. The van der Waals surface area contributed by atoms with Crippen LogP contribution < -0.4 is 5.32 Å². The predicted molar refractivity (Wildman–Crippen MR) is 114 cm³/mol. The zero-order chi connectivity index (χ0) is 19.3. The van der Waals surface area contributed by atoms with Crippen molar-refractivity contribution in [2.45, 2.75) is 56.4 Å². The van der Waals surface area contributed by atoms with Crippen molar-refractivity contribution in [1.29, 1.82) is 0 Å². The topological polar surface area (TPSA) is 62.3 Å². The summed E-state index contributed by atoms with van der Waals surface area (Å²) in [4.78, 5) is 31.3. The highest BCUT2D eigenvalue weighted by Crippen LogP contribution is 2.47. The number of aromatic nitrogens is 1. The lowest BCUT2D eigenvalue weighted by Crippen LogP contribution is -2.48. The van der Waals surface area contributed by atoms with Crippen LogP contribution in [0.15, 0.2) is 23.6 Å². The van der Waals surface area contributed by atoms with E-state index in [9.17, 15) is 9.59 Å². The number of carbonyl (C=O) groups excluding carboxylic acids is 2. The molecule has 7 heteroatoms. The standard InChI is InChI=1S/C21H23N3O2S2/c1-21-9-8-18(25)24(21)17(12-28-21)19(26)23-20-22-16(11-27-20)15-7-6-13-4-2-3-5-14(13)10-15/h6-7,10-11,17H,2-5,8-9,12H2,1H3,(H,22,23,26)/t17-,21-/m1/s1. The number of rotatable bonds is 3. The molecular weight excluding hydrogens is 390 g/mol. The maximum atomic E-state index is 12.8. The van der Waals surface area contributed by atoms with E-state index < -0.39 is 6.04 Å². The van der Waals surface area contributed by atoms with E-state index in [1.54, 1.807) is 16.7 Å². The van der Waals surface area contributed by atoms with Crippen LogP contribution in [0, 0.1) is 0 Å². The van der Waals surface area contributed by atoms with Gasteiger partial charge >= 0.3 is 0 Å². The van der Waals surface area contributed by atoms with Gasteiger partial charge in [-0.05, 0) is 56.2 Å². The van der Waals surface area contributed by atoms with E-state index in [0.29, 0.717) is 17.3 Å². The first-order valence-corrected chi connectivity index (χ1v) is 11.7. The Morgan fingerprint density at radius 3 is 2.93 bits per heavy atom. The number of amides is 2. The molecule has 1 aliphatic carbocycles. The summed E-state index contributed by atoms with van der Waals surface area (Å²) in [5.41, 5.74) is 4.89. The average molecular weight is 414 g/mol. The molecule has 3 heterocycles. The first-order valence-electron chi connectivity index (χ1n) is 9.88. The molecule has 146 valence electrons. The second-order valence-electron chi connectivity index (χ2n) is 7.98. The molecule has 2 fully saturated rings. The van der Waals surface area contributed by atoms with E-state index in [4.69, 9.17) is 0 Å². The molecule has 5 rings (SSSR count). The number of fused-ring (bicyclic) bond motifs is 2. The zero-order valence-corrected chi connectivity index (χ0v) is 17.5. The van der Waals surface area contributed by atoms with Crippen LogP contribution in [0.1, 0.15) is 43.7 Å². The Morgan fingerprint density at radius 2 is 2.07 bits per heavy atom. The number of thioether (sulfide) groups is 1. The maximum Gasteiger partial charge on any atom is 0.249 e. The number of nitrogens with zero attached hydrogens (tertiary/aromatic N) is 2. The number of aryl methyl sites for hydroxylation is 2. The smallest absolute Gasteiger partial charge is 0.249 e. The summed E-state index contributed by atoms with van der Waals surface area (Å²) in [5, 5.41) is 5.54. The lowest BCUT2D eigenvalue weighted by molar-refractivity contribution is -0.135. The molecule has 5 nitrogen and oxygen atoms in total. The van der Waals surface area contributed by atoms with Crippen LogP contribution in [-0.4, -0.2) is 38.4 Å². The van der Waals surface area contributed by atoms with Gasteiger partial charge in [-0.25, -0.2) is 4.98 Å². The maximum absolute atomic E-state index is 12.8. The Hall–Kier alpha value is -1.86. The van der Waals surface area contributed by atoms with Gasteiger partial charge in [0.1, 0.15) is 6.04 Å². The quantitative estimate of drug-likeness (QED) is 0.824. The second-order valence-corrected chi connectivity index (χ2v) is 10.3. The van der Waals surface area contributed by atoms with Gasteiger partial charge in [-0.15, -0.1) is 23.1 Å². The van der Waals surface area contributed by atoms with Crippen molar-refractivity contribution in [2.24, 2.45) is 0 Å². The summed E-state index contributed by atoms with van der Waals surface area (Å²) in [7, 11) is 0. The third kappa shape index (κ3) is 3.05. The number of nitrogens with one attached hydrogen (secondary N) is 1. The van der Waals surface area contributed by atoms with Gasteiger partial charge in [0.05, 0.1) is 10.6 Å². The normalized spacial score (nSPS) is 26.2. The Balaban J connectivity index is 1.32. The average Bonchev–Trinajstić information content (AvgIpc) is 3.37. The Morgan fingerprint density at radius 1 is 1.25 bits per heavy atom. The summed E-state index contributed by atoms with van der Waals surface area (Å²) >= 11 is 3.15. The summed E-state index contributed by atoms with van der Waals surface area (Å²) in [6.45, 7) is 2.06. The van der Waals surface area contributed by atoms with Gasteiger partial charge in [0.2, 0.25) is 11.8 Å². The molecule has 1 aromatic heterocycles. The molecule has 2 atom stereocenters. The molecule has 2 aromatic rings. The van der Waals surface area contributed by atoms with Crippen LogP contribution in [0.5, 0.6) is 0 Å². The van der Waals surface area contributed by atoms with E-state index in [1.165, 1.54) is 41.7 Å². The fraction of sp³-hybridized carbons (Fsp3) is 0.476. The fourth-order valence-corrected chi connectivity index (χ4v) is 6.71. The highest BCUT2D eigenvalue weighted by Gasteiger charge is 2.52. The van der Waals surface area contributed by atoms with Crippen LogP contribution in [0.25, 0.3) is 11.3 Å². The first-order chi connectivity index (χ1) is 13.5. The van der Waals surface area contributed by atoms with Crippen molar-refractivity contribution in [3.63, 3.8) is 0 Å². The predicted octanol–water partition coefficient (Wildman–Crippen LogP) is 4.08. The lowest BCUT2D eigenvalue weighted by Gasteiger charge is -2.29. The van der Waals surface area contributed by atoms with E-state index in [1.807, 2.05) is 5.38 Å². The van der Waals surface area contributed by atoms with Crippen molar-refractivity contribution in [3.05, 3.63) is 34.7 Å². The molecule has 0 saturated carbocycles. The molecule has 0 spiro atoms. The third-order valence-electron chi connectivity index (χ3n) is 6.13. The molecule has 1 N–H and O–H groups in total. The Bertz CT molecular complexity index is 957. The van der Waals surface area contributed by atoms with E-state index >= 15 is 0 Å². The number of hydrogen-bond donors (Lipinski definition) is 1. The summed E-state index contributed by atoms with van der Waals surface area (Å²) < 4.78 is 0. The zero-order valence-electron chi connectivity index (χ0n) is 15.9. The minimum absolute atomic E-state index is 0.0848. The van der Waals surface area contributed by atoms with E-state index in [-0.39, 0.29) is 16.7 Å². The van der Waals surface area contributed by atoms with E-state index in [2.05, 4.69) is 35.4 Å². The van der Waals surface area contributed by atoms with Gasteiger partial charge in [0, 0.05) is 23.1 Å². The Kier molecular flexibility index (Phi) is 4.47. The van der Waals surface area contributed by atoms with Crippen molar-refractivity contribution >= 4 is 40.0 Å². The second kappa shape index (κ2) is 6.88. The van der Waals surface area contributed by atoms with Crippen molar-refractivity contribution < 1.29 is 9.59 Å². The lowest BCUT2D eigenvalue weighted by atomic mass is 9.90. The number of thiazole rings is 1. The highest BCUT2D eigenvalue weighted by molar-refractivity contribution is 8.01. The van der Waals surface area contributed by atoms with Crippen molar-refractivity contribution in [3.8, 4) is 11.3 Å². The number of benzene rings is 1. The molecule has 3 aliphatic rings. The number of carbonyl (C=O) groups is 2. The molecule has 28 heavy (non-hydrogen) atoms. The highest BCUT2D eigenvalue weighted by atomic mass is 32.2. The molecule has 2 aliphatic heterocycles. The molecule has 2 amide bonds. The summed E-state index contributed by atoms with van der Waals surface area (Å²) in [6.07, 6.45) is 6.19. The third-order valence-corrected chi connectivity index (χ3v) is 8.39. The fourth-order valence-electron chi connectivity index (χ4n) is 4.56. The molecular formula is C21H23N3O2S2. The van der Waals surface area contributed by atoms with Gasteiger partial charge in [-0.1, -0.05) is 12.1 Å². The number of hydrogen-bond acceptors (Lipinski definition) is 5. The van der Waals surface area contributed by atoms with Gasteiger partial charge in [0.15, 0.2) is 5.13 Å². The van der Waals surface area contributed by atoms with Crippen LogP contribution in [-0.2, 0) is 22.4 Å². The van der Waals surface area contributed by atoms with Crippen LogP contribution in [0.3, 0.4) is 0 Å². The first kappa shape index (κ1) is 18.2. The molecule has 1 aromatic carbocycles. The van der Waals surface area contributed by atoms with Crippen molar-refractivity contribution in [1.82, 2.24) is 9.88 Å². The van der Waals surface area contributed by atoms with E-state index in [0.717, 1.165) is 24.1 Å². The van der Waals surface area contributed by atoms with Crippen LogP contribution in [0.4, 0.5) is 5.13 Å². The summed E-state index contributed by atoms with van der Waals surface area (Å²) in [6, 6.07) is 6.20. The van der Waals surface area contributed by atoms with Crippen LogP contribution in [0.2, 0.25) is 0 Å². The number of anilines is 1. The molecule has 2 saturated heterocycles. The van der Waals surface area contributed by atoms with Gasteiger partial charge in [-0.3, -0.25) is 9.59 Å². The minimum atomic E-state index is -0.402. The van der Waals surface area contributed by atoms with Crippen LogP contribution >= 0.6 is 23.1 Å². The largest absolute Gasteiger partial charge is 0.315 e. The Labute approximate surface area is 172 Å². The summed E-state index contributed by atoms with van der Waals surface area (Å²) in [5.74, 6) is 0.608. The molecule has 0 radical (unpaired) electrons. The van der Waals surface area contributed by atoms with Gasteiger partial charge < -0.3 is 10.2 Å². The SMILES string of the molecule is C[C@@]12CCC(=O)N1[C@@H](C(=O)Nc1nc(-c3ccc4c(c3)CCCC4)cs1)CS2. The van der Waals surface area contributed by atoms with Gasteiger partial charge in [0.25, 0.3) is 0 Å². The van der Waals surface area contributed by atoms with Gasteiger partial charge in [-0.2, -0.15) is 0 Å². The molecule has 0 unspecified atom stereocenters. The monoisotopic (exact) mass is 413 g/mol.